The van der Waals surface area contributed by atoms with Gasteiger partial charge in [0.2, 0.25) is 4.46 Å². The molecule has 1 unspecified atom stereocenters. The van der Waals surface area contributed by atoms with Gasteiger partial charge in [-0.3, -0.25) is 9.36 Å². The van der Waals surface area contributed by atoms with Gasteiger partial charge in [0.1, 0.15) is 37.3 Å². The van der Waals surface area contributed by atoms with Gasteiger partial charge in [-0.15, -0.1) is 9.05 Å². The number of aliphatic hydroxyl groups is 1. The molecule has 0 spiro atoms. The smallest absolute Gasteiger partial charge is 0.385 e. The van der Waals surface area contributed by atoms with Gasteiger partial charge in [-0.2, -0.15) is 0 Å². The number of nitrogens with zero attached hydrogens (tertiary/aromatic N) is 4. The van der Waals surface area contributed by atoms with Crippen molar-refractivity contribution >= 4 is 65.3 Å². The molecule has 0 aliphatic heterocycles. The molecule has 11 nitrogen and oxygen atoms in total. The Kier molecular flexibility index (Phi) is 9.62. The van der Waals surface area contributed by atoms with Gasteiger partial charge in [0.05, 0.1) is 6.33 Å². The van der Waals surface area contributed by atoms with Crippen LogP contribution in [-0.2, 0) is 27.6 Å². The number of methoxy groups -OCH3 is 1. The summed E-state index contributed by atoms with van der Waals surface area (Å²) in [5.74, 6) is 0.442. The number of carbonyl (C=O) groups is 1. The van der Waals surface area contributed by atoms with E-state index in [9.17, 15) is 14.5 Å². The maximum Gasteiger partial charge on any atom is 0.697 e. The number of carbonyl (C=O) groups excluding carboxylic acids is 1. The minimum absolute atomic E-state index is 0.000526. The molecule has 0 fully saturated rings. The predicted octanol–water partition coefficient (Wildman–Crippen LogP) is 2.87. The molecule has 178 valence electrons. The summed E-state index contributed by atoms with van der Waals surface area (Å²) in [6.07, 6.45) is -0.167. The van der Waals surface area contributed by atoms with Gasteiger partial charge in [-0.25, -0.2) is 15.0 Å². The van der Waals surface area contributed by atoms with E-state index in [0.717, 1.165) is 11.8 Å². The number of imidazole rings is 1. The third-order valence-corrected chi connectivity index (χ3v) is 6.97. The Balaban J connectivity index is 1.93. The molecular weight excluding hydrogens is 504 g/mol. The first kappa shape index (κ1) is 27.1. The zero-order valence-electron chi connectivity index (χ0n) is 17.9. The molecule has 0 aliphatic rings. The van der Waals surface area contributed by atoms with Crippen LogP contribution in [-0.4, -0.2) is 68.0 Å². The maximum absolute atomic E-state index is 12.0. The number of anilines is 1. The Labute approximate surface area is 200 Å². The quantitative estimate of drug-likeness (QED) is 0.251. The normalized spacial score (nSPS) is 15.0. The third-order valence-electron chi connectivity index (χ3n) is 4.16. The van der Waals surface area contributed by atoms with Crippen molar-refractivity contribution in [1.29, 1.82) is 0 Å². The van der Waals surface area contributed by atoms with Crippen LogP contribution in [0.4, 0.5) is 5.82 Å². The second-order valence-corrected chi connectivity index (χ2v) is 11.0. The number of hydrogen-bond acceptors (Lipinski definition) is 11. The van der Waals surface area contributed by atoms with Crippen LogP contribution in [0.15, 0.2) is 12.7 Å². The molecule has 0 saturated heterocycles. The second-order valence-electron chi connectivity index (χ2n) is 7.59. The molecule has 15 heteroatoms. The van der Waals surface area contributed by atoms with Gasteiger partial charge in [-0.05, 0) is 0 Å². The first-order chi connectivity index (χ1) is 14.9. The van der Waals surface area contributed by atoms with Gasteiger partial charge in [-0.1, -0.05) is 55.7 Å². The number of fused-ring (bicyclic) bond motifs is 1. The molecule has 3 N–H and O–H groups in total. The Morgan fingerprint density at radius 2 is 2.00 bits per heavy atom. The molecule has 0 amide bonds. The number of nitrogens with two attached hydrogens (primary N) is 1. The summed E-state index contributed by atoms with van der Waals surface area (Å²) in [6, 6.07) is 0. The molecule has 0 aromatic carbocycles. The first-order valence-corrected chi connectivity index (χ1v) is 12.2. The number of aliphatic hydroxyl groups excluding tert-OH is 1. The van der Waals surface area contributed by atoms with Crippen LogP contribution in [0.3, 0.4) is 0 Å². The van der Waals surface area contributed by atoms with Gasteiger partial charge in [0, 0.05) is 22.8 Å². The van der Waals surface area contributed by atoms with Crippen molar-refractivity contribution in [1.82, 2.24) is 19.5 Å². The number of alkyl halides is 2. The zero-order valence-corrected chi connectivity index (χ0v) is 21.1. The number of aromatic nitrogens is 4. The maximum atomic E-state index is 12.0. The highest BCUT2D eigenvalue weighted by Gasteiger charge is 2.44. The Hall–Kier alpha value is -1.11. The van der Waals surface area contributed by atoms with Crippen LogP contribution in [0, 0.1) is 5.41 Å². The average molecular weight is 529 g/mol. The van der Waals surface area contributed by atoms with Crippen LogP contribution in [0.25, 0.3) is 11.2 Å². The Morgan fingerprint density at radius 3 is 2.62 bits per heavy atom. The average Bonchev–Trinajstić information content (AvgIpc) is 3.17. The molecule has 0 aliphatic carbocycles. The van der Waals surface area contributed by atoms with E-state index in [1.165, 1.54) is 24.3 Å². The molecular formula is C17H25Cl2N5O6PS+. The van der Waals surface area contributed by atoms with Crippen molar-refractivity contribution in [3.63, 3.8) is 0 Å². The number of nitrogen functional groups attached to an aromatic ring is 1. The van der Waals surface area contributed by atoms with Gasteiger partial charge >= 0.3 is 8.25 Å². The van der Waals surface area contributed by atoms with E-state index in [1.54, 1.807) is 0 Å². The second kappa shape index (κ2) is 11.3. The summed E-state index contributed by atoms with van der Waals surface area (Å²) in [4.78, 5) is 23.8. The van der Waals surface area contributed by atoms with Crippen LogP contribution in [0.5, 0.6) is 0 Å². The molecule has 0 saturated carbocycles. The molecule has 2 aromatic rings. The fourth-order valence-corrected chi connectivity index (χ4v) is 4.38. The molecule has 0 bridgehead atoms. The molecule has 2 heterocycles. The number of thioether (sulfide) groups is 1. The third kappa shape index (κ3) is 6.71. The standard InChI is InChI=1S/C17H25Cl2N5O6PS/c1-16(2,3)15(26)32-6-5-29-31(27)30-7-10(28-4)12(25)17(18,19)24-9-23-11-13(20)21-8-22-14(11)24/h8-10,12,25H,5-7H2,1-4H3,(H2,20,21,22)/q+1/t10-,12-/m1/s1. The van der Waals surface area contributed by atoms with E-state index in [4.69, 9.17) is 42.7 Å². The van der Waals surface area contributed by atoms with Crippen LogP contribution >= 0.6 is 43.2 Å². The Bertz CT molecular complexity index is 957. The lowest BCUT2D eigenvalue weighted by atomic mass is 10.00. The number of ether oxygens (including phenoxy) is 1. The van der Waals surface area contributed by atoms with Crippen LogP contribution < -0.4 is 5.73 Å². The van der Waals surface area contributed by atoms with Crippen molar-refractivity contribution in [2.75, 3.05) is 31.8 Å². The minimum Gasteiger partial charge on any atom is -0.385 e. The predicted molar refractivity (Wildman–Crippen MR) is 123 cm³/mol. The minimum atomic E-state index is -2.52. The molecule has 3 atom stereocenters. The zero-order chi connectivity index (χ0) is 24.1. The first-order valence-electron chi connectivity index (χ1n) is 9.32. The highest BCUT2D eigenvalue weighted by atomic mass is 35.5. The van der Waals surface area contributed by atoms with E-state index >= 15 is 0 Å². The topological polar surface area (TPSA) is 152 Å². The van der Waals surface area contributed by atoms with E-state index < -0.39 is 30.3 Å². The highest BCUT2D eigenvalue weighted by Crippen LogP contribution is 2.37. The van der Waals surface area contributed by atoms with Gasteiger partial charge in [0.15, 0.2) is 16.6 Å². The number of halogens is 2. The lowest BCUT2D eigenvalue weighted by molar-refractivity contribution is -0.117. The van der Waals surface area contributed by atoms with Crippen molar-refractivity contribution in [3.8, 4) is 0 Å². The van der Waals surface area contributed by atoms with Crippen LogP contribution in [0.2, 0.25) is 0 Å². The Morgan fingerprint density at radius 1 is 1.31 bits per heavy atom. The van der Waals surface area contributed by atoms with Crippen LogP contribution in [0.1, 0.15) is 20.8 Å². The lowest BCUT2D eigenvalue weighted by Crippen LogP contribution is -2.45. The number of rotatable bonds is 11. The van der Waals surface area contributed by atoms with E-state index in [1.807, 2.05) is 20.8 Å². The summed E-state index contributed by atoms with van der Waals surface area (Å²) in [6.45, 7) is 5.13. The van der Waals surface area contributed by atoms with Crippen molar-refractivity contribution < 1.29 is 28.3 Å². The molecule has 2 aromatic heterocycles. The summed E-state index contributed by atoms with van der Waals surface area (Å²) in [5, 5.41) is 10.7. The van der Waals surface area contributed by atoms with Gasteiger partial charge < -0.3 is 15.6 Å². The fourth-order valence-electron chi connectivity index (χ4n) is 2.36. The molecule has 2 rings (SSSR count). The highest BCUT2D eigenvalue weighted by molar-refractivity contribution is 8.13. The van der Waals surface area contributed by atoms with Crippen molar-refractivity contribution in [2.24, 2.45) is 5.41 Å². The van der Waals surface area contributed by atoms with Crippen molar-refractivity contribution in [2.45, 2.75) is 37.4 Å². The fraction of sp³-hybridized carbons (Fsp3) is 0.647. The van der Waals surface area contributed by atoms with Gasteiger partial charge in [0.25, 0.3) is 0 Å². The van der Waals surface area contributed by atoms with E-state index in [0.29, 0.717) is 5.75 Å². The SMILES string of the molecule is CO[C@H](CO[P+](=O)OCCSC(=O)C(C)(C)C)[C@@H](O)C(Cl)(Cl)n1cnc2c(N)ncnc21. The monoisotopic (exact) mass is 528 g/mol. The van der Waals surface area contributed by atoms with Crippen molar-refractivity contribution in [3.05, 3.63) is 12.7 Å². The summed E-state index contributed by atoms with van der Waals surface area (Å²) in [7, 11) is -1.22. The summed E-state index contributed by atoms with van der Waals surface area (Å²) in [5.41, 5.74) is 5.75. The lowest BCUT2D eigenvalue weighted by Gasteiger charge is -2.31. The summed E-state index contributed by atoms with van der Waals surface area (Å²) < 4.78 is 26.6. The molecule has 0 radical (unpaired) electrons. The summed E-state index contributed by atoms with van der Waals surface area (Å²) >= 11 is 13.9. The molecule has 32 heavy (non-hydrogen) atoms. The largest absolute Gasteiger partial charge is 0.697 e. The number of hydrogen-bond donors (Lipinski definition) is 2. The van der Waals surface area contributed by atoms with E-state index in [2.05, 4.69) is 15.0 Å². The van der Waals surface area contributed by atoms with E-state index in [-0.39, 0.29) is 35.3 Å².